The first-order valence-corrected chi connectivity index (χ1v) is 15.2. The van der Waals surface area contributed by atoms with Crippen molar-refractivity contribution in [3.8, 4) is 0 Å². The molecule has 1 saturated heterocycles. The second-order valence-electron chi connectivity index (χ2n) is 11.0. The van der Waals surface area contributed by atoms with Crippen LogP contribution in [-0.2, 0) is 26.0 Å². The zero-order valence-electron chi connectivity index (χ0n) is 23.0. The Morgan fingerprint density at radius 1 is 1.00 bits per heavy atom. The predicted octanol–water partition coefficient (Wildman–Crippen LogP) is 4.11. The lowest BCUT2D eigenvalue weighted by molar-refractivity contribution is -0.150. The number of carbonyl (C=O) groups excluding carboxylic acids is 1. The molecule has 2 aliphatic rings. The lowest BCUT2D eigenvalue weighted by Crippen LogP contribution is -2.60. The van der Waals surface area contributed by atoms with Crippen molar-refractivity contribution in [3.63, 3.8) is 0 Å². The second kappa shape index (κ2) is 11.8. The lowest BCUT2D eigenvalue weighted by atomic mass is 9.87. The van der Waals surface area contributed by atoms with Gasteiger partial charge in [0.15, 0.2) is 0 Å². The zero-order valence-corrected chi connectivity index (χ0v) is 23.8. The summed E-state index contributed by atoms with van der Waals surface area (Å²) in [4.78, 5) is 16.1. The maximum Gasteiger partial charge on any atom is 0.252 e. The summed E-state index contributed by atoms with van der Waals surface area (Å²) in [7, 11) is -3.82. The Bertz CT molecular complexity index is 1440. The summed E-state index contributed by atoms with van der Waals surface area (Å²) in [5.74, 6) is -0.542. The third-order valence-corrected chi connectivity index (χ3v) is 9.15. The number of aryl methyl sites for hydroxylation is 1. The van der Waals surface area contributed by atoms with E-state index in [0.29, 0.717) is 13.0 Å². The monoisotopic (exact) mass is 565 g/mol. The van der Waals surface area contributed by atoms with Gasteiger partial charge >= 0.3 is 0 Å². The third-order valence-electron chi connectivity index (χ3n) is 7.64. The summed E-state index contributed by atoms with van der Waals surface area (Å²) in [6.45, 7) is 6.54. The average molecular weight is 566 g/mol. The molecule has 0 saturated carbocycles. The Morgan fingerprint density at radius 3 is 2.40 bits per heavy atom. The van der Waals surface area contributed by atoms with Crippen LogP contribution in [0, 0.1) is 12.7 Å². The van der Waals surface area contributed by atoms with Crippen molar-refractivity contribution in [3.05, 3.63) is 101 Å². The SMILES string of the molecule is Cc1ccc(S(=O)(=O)N[C@H]2C[C@H](C(=O)N3CCc4ccccc4[C@@H]3c3ccc(F)cc3)OC[C@@H]2NC(C)C)cc1. The molecule has 40 heavy (non-hydrogen) atoms. The van der Waals surface area contributed by atoms with Crippen molar-refractivity contribution >= 4 is 15.9 Å². The molecule has 212 valence electrons. The van der Waals surface area contributed by atoms with E-state index in [2.05, 4.69) is 16.1 Å². The van der Waals surface area contributed by atoms with E-state index in [1.54, 1.807) is 41.3 Å². The topological polar surface area (TPSA) is 87.7 Å². The molecule has 0 spiro atoms. The number of sulfonamides is 1. The number of hydrogen-bond acceptors (Lipinski definition) is 5. The number of benzene rings is 3. The second-order valence-corrected chi connectivity index (χ2v) is 12.7. The summed E-state index contributed by atoms with van der Waals surface area (Å²) < 4.78 is 49.4. The average Bonchev–Trinajstić information content (AvgIpc) is 2.93. The minimum Gasteiger partial charge on any atom is -0.367 e. The van der Waals surface area contributed by atoms with Gasteiger partial charge in [-0.3, -0.25) is 4.79 Å². The molecule has 0 unspecified atom stereocenters. The van der Waals surface area contributed by atoms with E-state index in [0.717, 1.165) is 22.3 Å². The van der Waals surface area contributed by atoms with Crippen LogP contribution < -0.4 is 10.0 Å². The van der Waals surface area contributed by atoms with Gasteiger partial charge in [0.25, 0.3) is 5.91 Å². The zero-order chi connectivity index (χ0) is 28.4. The molecular weight excluding hydrogens is 529 g/mol. The van der Waals surface area contributed by atoms with Crippen LogP contribution in [0.15, 0.2) is 77.7 Å². The van der Waals surface area contributed by atoms with Gasteiger partial charge in [-0.15, -0.1) is 0 Å². The molecule has 1 amide bonds. The standard InChI is InChI=1S/C31H36FN3O4S/c1-20(2)33-28-19-39-29(18-27(28)34-40(37,38)25-14-8-21(3)9-15-25)31(36)35-17-16-22-6-4-5-7-26(22)30(35)23-10-12-24(32)13-11-23/h4-15,20,27-30,33-34H,16-19H2,1-3H3/t27-,28-,29+,30-/m0/s1. The summed E-state index contributed by atoms with van der Waals surface area (Å²) in [6.07, 6.45) is 0.0415. The highest BCUT2D eigenvalue weighted by Gasteiger charge is 2.41. The summed E-state index contributed by atoms with van der Waals surface area (Å²) in [5.41, 5.74) is 3.93. The Kier molecular flexibility index (Phi) is 8.37. The van der Waals surface area contributed by atoms with Gasteiger partial charge < -0.3 is 15.0 Å². The van der Waals surface area contributed by atoms with E-state index in [-0.39, 0.29) is 41.7 Å². The molecule has 1 fully saturated rings. The lowest BCUT2D eigenvalue weighted by Gasteiger charge is -2.42. The van der Waals surface area contributed by atoms with Gasteiger partial charge in [0.1, 0.15) is 11.9 Å². The van der Waals surface area contributed by atoms with Crippen LogP contribution in [0.3, 0.4) is 0 Å². The number of nitrogens with one attached hydrogen (secondary N) is 2. The molecule has 3 aromatic rings. The molecule has 2 aliphatic heterocycles. The molecule has 3 aromatic carbocycles. The third kappa shape index (κ3) is 6.12. The van der Waals surface area contributed by atoms with Gasteiger partial charge in [0, 0.05) is 31.1 Å². The number of hydrogen-bond donors (Lipinski definition) is 2. The summed E-state index contributed by atoms with van der Waals surface area (Å²) in [6, 6.07) is 19.8. The molecule has 4 atom stereocenters. The van der Waals surface area contributed by atoms with Crippen LogP contribution in [0.25, 0.3) is 0 Å². The first-order chi connectivity index (χ1) is 19.1. The summed E-state index contributed by atoms with van der Waals surface area (Å²) >= 11 is 0. The highest BCUT2D eigenvalue weighted by Crippen LogP contribution is 2.36. The fourth-order valence-electron chi connectivity index (χ4n) is 5.67. The van der Waals surface area contributed by atoms with Crippen molar-refractivity contribution in [1.82, 2.24) is 14.9 Å². The number of fused-ring (bicyclic) bond motifs is 1. The van der Waals surface area contributed by atoms with Crippen molar-refractivity contribution < 1.29 is 22.3 Å². The normalized spacial score (nSPS) is 23.2. The van der Waals surface area contributed by atoms with Gasteiger partial charge in [-0.05, 0) is 54.3 Å². The molecule has 9 heteroatoms. The molecular formula is C31H36FN3O4S. The Hall–Kier alpha value is -3.11. The number of rotatable bonds is 7. The number of carbonyl (C=O) groups is 1. The van der Waals surface area contributed by atoms with Gasteiger partial charge in [0.2, 0.25) is 10.0 Å². The number of amides is 1. The highest BCUT2D eigenvalue weighted by molar-refractivity contribution is 7.89. The van der Waals surface area contributed by atoms with Crippen molar-refractivity contribution in [1.29, 1.82) is 0 Å². The fourth-order valence-corrected chi connectivity index (χ4v) is 6.96. The van der Waals surface area contributed by atoms with E-state index in [9.17, 15) is 17.6 Å². The van der Waals surface area contributed by atoms with Crippen LogP contribution in [0.5, 0.6) is 0 Å². The van der Waals surface area contributed by atoms with Crippen LogP contribution >= 0.6 is 0 Å². The Labute approximate surface area is 235 Å². The van der Waals surface area contributed by atoms with Crippen LogP contribution in [0.4, 0.5) is 4.39 Å². The van der Waals surface area contributed by atoms with E-state index in [1.165, 1.54) is 12.1 Å². The highest BCUT2D eigenvalue weighted by atomic mass is 32.2. The van der Waals surface area contributed by atoms with E-state index in [4.69, 9.17) is 4.74 Å². The molecule has 0 radical (unpaired) electrons. The van der Waals surface area contributed by atoms with Gasteiger partial charge in [-0.25, -0.2) is 17.5 Å². The van der Waals surface area contributed by atoms with Crippen LogP contribution in [0.2, 0.25) is 0 Å². The molecule has 0 aliphatic carbocycles. The number of halogens is 1. The van der Waals surface area contributed by atoms with E-state index < -0.39 is 28.2 Å². The van der Waals surface area contributed by atoms with E-state index in [1.807, 2.05) is 39.0 Å². The maximum absolute atomic E-state index is 14.1. The molecule has 2 heterocycles. The Morgan fingerprint density at radius 2 is 1.70 bits per heavy atom. The molecule has 5 rings (SSSR count). The quantitative estimate of drug-likeness (QED) is 0.450. The molecule has 2 N–H and O–H groups in total. The smallest absolute Gasteiger partial charge is 0.252 e. The van der Waals surface area contributed by atoms with Crippen molar-refractivity contribution in [2.75, 3.05) is 13.2 Å². The van der Waals surface area contributed by atoms with Crippen LogP contribution in [-0.4, -0.2) is 56.6 Å². The van der Waals surface area contributed by atoms with Crippen molar-refractivity contribution in [2.45, 2.75) is 68.8 Å². The van der Waals surface area contributed by atoms with E-state index >= 15 is 0 Å². The molecule has 0 bridgehead atoms. The minimum absolute atomic E-state index is 0.0914. The fraction of sp³-hybridized carbons (Fsp3) is 0.387. The molecule has 0 aromatic heterocycles. The van der Waals surface area contributed by atoms with Gasteiger partial charge in [-0.1, -0.05) is 67.9 Å². The van der Waals surface area contributed by atoms with Gasteiger partial charge in [0.05, 0.1) is 17.5 Å². The van der Waals surface area contributed by atoms with Crippen molar-refractivity contribution in [2.24, 2.45) is 0 Å². The predicted molar refractivity (Wildman–Crippen MR) is 152 cm³/mol. The number of nitrogens with zero attached hydrogens (tertiary/aromatic N) is 1. The summed E-state index contributed by atoms with van der Waals surface area (Å²) in [5, 5.41) is 3.39. The van der Waals surface area contributed by atoms with Crippen LogP contribution in [0.1, 0.15) is 48.6 Å². The minimum atomic E-state index is -3.82. The maximum atomic E-state index is 14.1. The number of ether oxygens (including phenoxy) is 1. The van der Waals surface area contributed by atoms with Gasteiger partial charge in [-0.2, -0.15) is 0 Å². The first-order valence-electron chi connectivity index (χ1n) is 13.7. The Balaban J connectivity index is 1.42. The molecule has 7 nitrogen and oxygen atoms in total. The first kappa shape index (κ1) is 28.4. The largest absolute Gasteiger partial charge is 0.367 e.